The molecule has 2 amide bonds. The number of ether oxygens (including phenoxy) is 1. The van der Waals surface area contributed by atoms with Gasteiger partial charge >= 0.3 is 5.97 Å². The molecular weight excluding hydrogens is 348 g/mol. The third kappa shape index (κ3) is 3.20. The summed E-state index contributed by atoms with van der Waals surface area (Å²) in [6, 6.07) is 1.63. The zero-order chi connectivity index (χ0) is 17.3. The lowest BCUT2D eigenvalue weighted by molar-refractivity contribution is -0.123. The second kappa shape index (κ2) is 6.74. The van der Waals surface area contributed by atoms with Crippen molar-refractivity contribution in [3.05, 3.63) is 38.4 Å². The lowest BCUT2D eigenvalue weighted by Gasteiger charge is -2.13. The minimum atomic E-state index is -0.977. The summed E-state index contributed by atoms with van der Waals surface area (Å²) in [6.07, 6.45) is 1.70. The van der Waals surface area contributed by atoms with E-state index in [-0.39, 0.29) is 0 Å². The van der Waals surface area contributed by atoms with Gasteiger partial charge in [0.1, 0.15) is 5.00 Å². The topological polar surface area (TPSA) is 98.5 Å². The Bertz CT molecular complexity index is 795. The van der Waals surface area contributed by atoms with Crippen LogP contribution in [0.15, 0.2) is 16.8 Å². The van der Waals surface area contributed by atoms with Crippen LogP contribution in [-0.4, -0.2) is 23.9 Å². The maximum atomic E-state index is 12.3. The predicted octanol–water partition coefficient (Wildman–Crippen LogP) is 2.58. The molecule has 0 bridgehead atoms. The molecule has 1 atom stereocenters. The zero-order valence-corrected chi connectivity index (χ0v) is 14.6. The van der Waals surface area contributed by atoms with E-state index in [1.165, 1.54) is 29.6 Å². The van der Waals surface area contributed by atoms with Crippen LogP contribution < -0.4 is 11.1 Å². The molecule has 2 aromatic heterocycles. The summed E-state index contributed by atoms with van der Waals surface area (Å²) >= 11 is 2.74. The largest absolute Gasteiger partial charge is 0.449 e. The van der Waals surface area contributed by atoms with E-state index in [1.54, 1.807) is 16.8 Å². The number of nitrogens with one attached hydrogen (secondary N) is 1. The fraction of sp³-hybridized carbons (Fsp3) is 0.312. The van der Waals surface area contributed by atoms with Gasteiger partial charge < -0.3 is 15.8 Å². The van der Waals surface area contributed by atoms with Gasteiger partial charge in [-0.2, -0.15) is 11.3 Å². The van der Waals surface area contributed by atoms with Gasteiger partial charge in [-0.05, 0) is 43.2 Å². The monoisotopic (exact) mass is 364 g/mol. The molecule has 126 valence electrons. The van der Waals surface area contributed by atoms with Crippen LogP contribution in [0.2, 0.25) is 0 Å². The molecule has 2 aromatic rings. The molecule has 0 aliphatic heterocycles. The third-order valence-corrected chi connectivity index (χ3v) is 5.70. The molecule has 1 aliphatic rings. The van der Waals surface area contributed by atoms with Gasteiger partial charge in [-0.3, -0.25) is 9.59 Å². The summed E-state index contributed by atoms with van der Waals surface area (Å²) in [4.78, 5) is 37.0. The Hall–Kier alpha value is -2.19. The minimum Gasteiger partial charge on any atom is -0.449 e. The van der Waals surface area contributed by atoms with E-state index in [9.17, 15) is 14.4 Å². The molecule has 0 saturated heterocycles. The number of amides is 2. The van der Waals surface area contributed by atoms with Gasteiger partial charge in [-0.15, -0.1) is 11.3 Å². The van der Waals surface area contributed by atoms with E-state index in [0.717, 1.165) is 29.7 Å². The fourth-order valence-electron chi connectivity index (χ4n) is 2.63. The van der Waals surface area contributed by atoms with Crippen molar-refractivity contribution < 1.29 is 19.1 Å². The van der Waals surface area contributed by atoms with Crippen molar-refractivity contribution in [2.24, 2.45) is 5.73 Å². The van der Waals surface area contributed by atoms with Crippen molar-refractivity contribution in [2.45, 2.75) is 32.3 Å². The molecule has 0 saturated carbocycles. The number of carbonyl (C=O) groups is 3. The maximum absolute atomic E-state index is 12.3. The van der Waals surface area contributed by atoms with Crippen molar-refractivity contribution in [3.8, 4) is 0 Å². The highest BCUT2D eigenvalue weighted by Gasteiger charge is 2.28. The maximum Gasteiger partial charge on any atom is 0.339 e. The highest BCUT2D eigenvalue weighted by atomic mass is 32.1. The number of aryl methyl sites for hydroxylation is 1. The molecule has 3 rings (SSSR count). The first-order chi connectivity index (χ1) is 11.5. The van der Waals surface area contributed by atoms with Crippen molar-refractivity contribution in [3.63, 3.8) is 0 Å². The van der Waals surface area contributed by atoms with Crippen molar-refractivity contribution in [2.75, 3.05) is 5.32 Å². The summed E-state index contributed by atoms with van der Waals surface area (Å²) < 4.78 is 5.15. The molecule has 1 aliphatic carbocycles. The highest BCUT2D eigenvalue weighted by molar-refractivity contribution is 7.17. The van der Waals surface area contributed by atoms with Gasteiger partial charge in [0.25, 0.3) is 11.8 Å². The second-order valence-corrected chi connectivity index (χ2v) is 7.36. The molecule has 0 unspecified atom stereocenters. The zero-order valence-electron chi connectivity index (χ0n) is 13.0. The van der Waals surface area contributed by atoms with Crippen LogP contribution >= 0.6 is 22.7 Å². The minimum absolute atomic E-state index is 0.386. The Morgan fingerprint density at radius 1 is 1.33 bits per heavy atom. The summed E-state index contributed by atoms with van der Waals surface area (Å²) in [5, 5.41) is 6.53. The van der Waals surface area contributed by atoms with E-state index in [0.29, 0.717) is 16.1 Å². The fourth-order valence-corrected chi connectivity index (χ4v) is 4.55. The van der Waals surface area contributed by atoms with E-state index >= 15 is 0 Å². The smallest absolute Gasteiger partial charge is 0.339 e. The SMILES string of the molecule is C[C@H](OC(=O)c1ccsc1)C(=O)Nc1sc2c(c1C(N)=O)CCC2. The molecule has 0 aromatic carbocycles. The number of thiophene rings is 2. The van der Waals surface area contributed by atoms with Gasteiger partial charge in [0.05, 0.1) is 11.1 Å². The van der Waals surface area contributed by atoms with Crippen LogP contribution in [0.1, 0.15) is 44.5 Å². The van der Waals surface area contributed by atoms with Gasteiger partial charge in [0.2, 0.25) is 0 Å². The number of hydrogen-bond donors (Lipinski definition) is 2. The van der Waals surface area contributed by atoms with E-state index in [2.05, 4.69) is 5.32 Å². The molecule has 0 fully saturated rings. The second-order valence-electron chi connectivity index (χ2n) is 5.47. The lowest BCUT2D eigenvalue weighted by Crippen LogP contribution is -2.30. The van der Waals surface area contributed by atoms with Crippen molar-refractivity contribution >= 4 is 45.5 Å². The number of primary amides is 1. The molecule has 24 heavy (non-hydrogen) atoms. The standard InChI is InChI=1S/C16H16N2O4S2/c1-8(22-16(21)9-5-6-23-7-9)14(20)18-15-12(13(17)19)10-3-2-4-11(10)24-15/h5-8H,2-4H2,1H3,(H2,17,19)(H,18,20)/t8-/m0/s1. The van der Waals surface area contributed by atoms with E-state index < -0.39 is 23.9 Å². The quantitative estimate of drug-likeness (QED) is 0.797. The third-order valence-electron chi connectivity index (χ3n) is 3.81. The summed E-state index contributed by atoms with van der Waals surface area (Å²) in [5.74, 6) is -1.59. The van der Waals surface area contributed by atoms with E-state index in [4.69, 9.17) is 10.5 Å². The number of esters is 1. The Balaban J connectivity index is 1.71. The number of fused-ring (bicyclic) bond motifs is 1. The van der Waals surface area contributed by atoms with Crippen LogP contribution in [0.3, 0.4) is 0 Å². The van der Waals surface area contributed by atoms with Gasteiger partial charge in [0.15, 0.2) is 6.10 Å². The Morgan fingerprint density at radius 2 is 2.12 bits per heavy atom. The first kappa shape index (κ1) is 16.7. The van der Waals surface area contributed by atoms with Crippen molar-refractivity contribution in [1.29, 1.82) is 0 Å². The average Bonchev–Trinajstić information content (AvgIpc) is 3.22. The van der Waals surface area contributed by atoms with Gasteiger partial charge in [-0.1, -0.05) is 0 Å². The van der Waals surface area contributed by atoms with Crippen LogP contribution in [0, 0.1) is 0 Å². The highest BCUT2D eigenvalue weighted by Crippen LogP contribution is 2.38. The van der Waals surface area contributed by atoms with Gasteiger partial charge in [0, 0.05) is 10.3 Å². The summed E-state index contributed by atoms with van der Waals surface area (Å²) in [6.45, 7) is 1.49. The number of rotatable bonds is 5. The van der Waals surface area contributed by atoms with Crippen LogP contribution in [-0.2, 0) is 22.4 Å². The molecule has 6 nitrogen and oxygen atoms in total. The average molecular weight is 364 g/mol. The summed E-state index contributed by atoms with van der Waals surface area (Å²) in [5.41, 5.74) is 7.19. The Labute approximate surface area is 146 Å². The summed E-state index contributed by atoms with van der Waals surface area (Å²) in [7, 11) is 0. The molecular formula is C16H16N2O4S2. The Kier molecular flexibility index (Phi) is 4.68. The number of anilines is 1. The van der Waals surface area contributed by atoms with Crippen LogP contribution in [0.4, 0.5) is 5.00 Å². The molecule has 3 N–H and O–H groups in total. The molecule has 0 spiro atoms. The lowest BCUT2D eigenvalue weighted by atomic mass is 10.1. The van der Waals surface area contributed by atoms with E-state index in [1.807, 2.05) is 0 Å². The first-order valence-electron chi connectivity index (χ1n) is 7.45. The first-order valence-corrected chi connectivity index (χ1v) is 9.21. The Morgan fingerprint density at radius 3 is 2.79 bits per heavy atom. The van der Waals surface area contributed by atoms with Crippen LogP contribution in [0.5, 0.6) is 0 Å². The normalized spacial score (nSPS) is 14.0. The van der Waals surface area contributed by atoms with Gasteiger partial charge in [-0.25, -0.2) is 4.79 Å². The number of hydrogen-bond acceptors (Lipinski definition) is 6. The van der Waals surface area contributed by atoms with Crippen LogP contribution in [0.25, 0.3) is 0 Å². The molecule has 0 radical (unpaired) electrons. The number of carbonyl (C=O) groups excluding carboxylic acids is 3. The molecule has 8 heteroatoms. The predicted molar refractivity (Wildman–Crippen MR) is 92.7 cm³/mol. The number of nitrogens with two attached hydrogens (primary N) is 1. The molecule has 2 heterocycles. The van der Waals surface area contributed by atoms with Crippen molar-refractivity contribution in [1.82, 2.24) is 0 Å².